The van der Waals surface area contributed by atoms with Crippen LogP contribution in [0.3, 0.4) is 0 Å². The normalized spacial score (nSPS) is 11.2. The third kappa shape index (κ3) is 2.14. The highest BCUT2D eigenvalue weighted by atomic mass is 32.1. The molecule has 3 heterocycles. The van der Waals surface area contributed by atoms with E-state index in [9.17, 15) is 0 Å². The number of fused-ring (bicyclic) bond motifs is 1. The summed E-state index contributed by atoms with van der Waals surface area (Å²) < 4.78 is 9.24. The van der Waals surface area contributed by atoms with Gasteiger partial charge in [-0.1, -0.05) is 6.92 Å². The number of methoxy groups -OCH3 is 1. The van der Waals surface area contributed by atoms with Crippen molar-refractivity contribution in [2.75, 3.05) is 12.4 Å². The zero-order chi connectivity index (χ0) is 14.1. The van der Waals surface area contributed by atoms with Gasteiger partial charge >= 0.3 is 0 Å². The highest BCUT2D eigenvalue weighted by molar-refractivity contribution is 7.15. The van der Waals surface area contributed by atoms with Crippen molar-refractivity contribution in [2.24, 2.45) is 7.05 Å². The molecule has 6 nitrogen and oxygen atoms in total. The van der Waals surface area contributed by atoms with Crippen molar-refractivity contribution in [1.82, 2.24) is 19.2 Å². The molecule has 0 amide bonds. The van der Waals surface area contributed by atoms with Crippen LogP contribution in [0.2, 0.25) is 0 Å². The van der Waals surface area contributed by atoms with E-state index < -0.39 is 0 Å². The van der Waals surface area contributed by atoms with Gasteiger partial charge in [-0.05, 0) is 6.42 Å². The van der Waals surface area contributed by atoms with Gasteiger partial charge in [0.15, 0.2) is 4.96 Å². The number of hydrogen-bond donors (Lipinski definition) is 1. The minimum Gasteiger partial charge on any atom is -0.480 e. The number of imidazole rings is 1. The molecule has 20 heavy (non-hydrogen) atoms. The summed E-state index contributed by atoms with van der Waals surface area (Å²) in [5.41, 5.74) is 3.15. The number of aryl methyl sites for hydroxylation is 2. The van der Waals surface area contributed by atoms with Crippen LogP contribution in [0.5, 0.6) is 5.88 Å². The second-order valence-electron chi connectivity index (χ2n) is 4.49. The van der Waals surface area contributed by atoms with Crippen LogP contribution in [-0.4, -0.2) is 26.3 Å². The molecule has 3 rings (SSSR count). The summed E-state index contributed by atoms with van der Waals surface area (Å²) in [4.78, 5) is 5.39. The quantitative estimate of drug-likeness (QED) is 0.784. The number of rotatable bonds is 5. The Morgan fingerprint density at radius 3 is 3.05 bits per heavy atom. The molecule has 0 aliphatic heterocycles. The van der Waals surface area contributed by atoms with Crippen molar-refractivity contribution in [3.63, 3.8) is 0 Å². The Bertz CT molecular complexity index is 726. The van der Waals surface area contributed by atoms with Gasteiger partial charge in [0.25, 0.3) is 0 Å². The monoisotopic (exact) mass is 291 g/mol. The lowest BCUT2D eigenvalue weighted by atomic mass is 10.3. The number of aromatic nitrogens is 4. The zero-order valence-electron chi connectivity index (χ0n) is 11.8. The second kappa shape index (κ2) is 5.16. The second-order valence-corrected chi connectivity index (χ2v) is 5.37. The van der Waals surface area contributed by atoms with E-state index in [4.69, 9.17) is 4.74 Å². The molecule has 0 unspecified atom stereocenters. The number of nitrogens with one attached hydrogen (secondary N) is 1. The molecule has 0 atom stereocenters. The SMILES string of the molecule is CCc1nn(C)cc1NCc1c(OC)nc2sccn12. The molecule has 7 heteroatoms. The van der Waals surface area contributed by atoms with Crippen LogP contribution in [0, 0.1) is 0 Å². The van der Waals surface area contributed by atoms with E-state index in [1.54, 1.807) is 18.4 Å². The van der Waals surface area contributed by atoms with Gasteiger partial charge < -0.3 is 10.1 Å². The molecular formula is C13H17N5OS. The predicted molar refractivity (Wildman–Crippen MR) is 79.5 cm³/mol. The molecule has 3 aromatic rings. The summed E-state index contributed by atoms with van der Waals surface area (Å²) in [6.07, 6.45) is 4.91. The molecule has 1 N–H and O–H groups in total. The van der Waals surface area contributed by atoms with Crippen molar-refractivity contribution < 1.29 is 4.74 Å². The summed E-state index contributed by atoms with van der Waals surface area (Å²) >= 11 is 1.60. The molecule has 0 aliphatic carbocycles. The van der Waals surface area contributed by atoms with E-state index in [0.717, 1.165) is 28.5 Å². The number of anilines is 1. The van der Waals surface area contributed by atoms with Gasteiger partial charge in [0, 0.05) is 24.8 Å². The van der Waals surface area contributed by atoms with Gasteiger partial charge in [0.05, 0.1) is 25.0 Å². The topological polar surface area (TPSA) is 56.4 Å². The van der Waals surface area contributed by atoms with Crippen molar-refractivity contribution >= 4 is 22.0 Å². The number of nitrogens with zero attached hydrogens (tertiary/aromatic N) is 4. The highest BCUT2D eigenvalue weighted by Gasteiger charge is 2.14. The Labute approximate surface area is 121 Å². The first-order chi connectivity index (χ1) is 9.72. The Kier molecular flexibility index (Phi) is 3.35. The molecule has 0 fully saturated rings. The van der Waals surface area contributed by atoms with Gasteiger partial charge in [-0.15, -0.1) is 11.3 Å². The van der Waals surface area contributed by atoms with Gasteiger partial charge in [-0.3, -0.25) is 9.08 Å². The number of thiazole rings is 1. The first kappa shape index (κ1) is 13.0. The number of hydrogen-bond acceptors (Lipinski definition) is 5. The zero-order valence-corrected chi connectivity index (χ0v) is 12.6. The summed E-state index contributed by atoms with van der Waals surface area (Å²) in [5, 5.41) is 9.87. The maximum absolute atomic E-state index is 5.35. The van der Waals surface area contributed by atoms with Gasteiger partial charge in [-0.25, -0.2) is 0 Å². The van der Waals surface area contributed by atoms with Crippen molar-refractivity contribution in [3.8, 4) is 5.88 Å². The van der Waals surface area contributed by atoms with Crippen LogP contribution in [0.25, 0.3) is 4.96 Å². The molecule has 0 saturated heterocycles. The maximum Gasteiger partial charge on any atom is 0.238 e. The van der Waals surface area contributed by atoms with Gasteiger partial charge in [0.2, 0.25) is 5.88 Å². The molecule has 0 aromatic carbocycles. The van der Waals surface area contributed by atoms with Crippen LogP contribution in [0.1, 0.15) is 18.3 Å². The molecular weight excluding hydrogens is 274 g/mol. The lowest BCUT2D eigenvalue weighted by Crippen LogP contribution is -2.04. The smallest absolute Gasteiger partial charge is 0.238 e. The van der Waals surface area contributed by atoms with Crippen LogP contribution in [-0.2, 0) is 20.0 Å². The standard InChI is InChI=1S/C13H17N5OS/c1-4-9-10(8-17(2)16-9)14-7-11-12(19-3)15-13-18(11)5-6-20-13/h5-6,8,14H,4,7H2,1-3H3. The van der Waals surface area contributed by atoms with Crippen molar-refractivity contribution in [2.45, 2.75) is 19.9 Å². The third-order valence-corrected chi connectivity index (χ3v) is 3.96. The molecule has 0 spiro atoms. The molecule has 0 aliphatic rings. The molecule has 106 valence electrons. The first-order valence-corrected chi connectivity index (χ1v) is 7.35. The Balaban J connectivity index is 1.87. The number of ether oxygens (including phenoxy) is 1. The van der Waals surface area contributed by atoms with E-state index in [-0.39, 0.29) is 0 Å². The van der Waals surface area contributed by atoms with Crippen LogP contribution in [0.4, 0.5) is 5.69 Å². The Morgan fingerprint density at radius 1 is 1.45 bits per heavy atom. The van der Waals surface area contributed by atoms with Gasteiger partial charge in [0.1, 0.15) is 5.69 Å². The van der Waals surface area contributed by atoms with E-state index in [2.05, 4.69) is 26.7 Å². The van der Waals surface area contributed by atoms with E-state index in [0.29, 0.717) is 12.4 Å². The average molecular weight is 291 g/mol. The fourth-order valence-corrected chi connectivity index (χ4v) is 2.98. The average Bonchev–Trinajstić information content (AvgIpc) is 3.10. The molecule has 3 aromatic heterocycles. The maximum atomic E-state index is 5.35. The van der Waals surface area contributed by atoms with E-state index >= 15 is 0 Å². The lowest BCUT2D eigenvalue weighted by Gasteiger charge is -2.06. The summed E-state index contributed by atoms with van der Waals surface area (Å²) in [6, 6.07) is 0. The van der Waals surface area contributed by atoms with Crippen LogP contribution in [0.15, 0.2) is 17.8 Å². The first-order valence-electron chi connectivity index (χ1n) is 6.47. The van der Waals surface area contributed by atoms with Crippen LogP contribution < -0.4 is 10.1 Å². The van der Waals surface area contributed by atoms with Crippen molar-refractivity contribution in [3.05, 3.63) is 29.2 Å². The molecule has 0 bridgehead atoms. The summed E-state index contributed by atoms with van der Waals surface area (Å²) in [5.74, 6) is 0.672. The third-order valence-electron chi connectivity index (χ3n) is 3.20. The van der Waals surface area contributed by atoms with Crippen molar-refractivity contribution in [1.29, 1.82) is 0 Å². The summed E-state index contributed by atoms with van der Waals surface area (Å²) in [6.45, 7) is 2.75. The largest absolute Gasteiger partial charge is 0.480 e. The minimum atomic E-state index is 0.653. The fourth-order valence-electron chi connectivity index (χ4n) is 2.26. The Hall–Kier alpha value is -2.02. The predicted octanol–water partition coefficient (Wildman–Crippen LogP) is 2.31. The van der Waals surface area contributed by atoms with Crippen LogP contribution >= 0.6 is 11.3 Å². The molecule has 0 saturated carbocycles. The molecule has 0 radical (unpaired) electrons. The fraction of sp³-hybridized carbons (Fsp3) is 0.385. The van der Waals surface area contributed by atoms with E-state index in [1.807, 2.05) is 29.5 Å². The van der Waals surface area contributed by atoms with E-state index in [1.165, 1.54) is 0 Å². The summed E-state index contributed by atoms with van der Waals surface area (Å²) in [7, 11) is 3.58. The highest BCUT2D eigenvalue weighted by Crippen LogP contribution is 2.24. The van der Waals surface area contributed by atoms with Gasteiger partial charge in [-0.2, -0.15) is 10.1 Å². The minimum absolute atomic E-state index is 0.653. The lowest BCUT2D eigenvalue weighted by molar-refractivity contribution is 0.395. The Morgan fingerprint density at radius 2 is 2.30 bits per heavy atom.